The van der Waals surface area contributed by atoms with Crippen molar-refractivity contribution < 1.29 is 9.53 Å². The summed E-state index contributed by atoms with van der Waals surface area (Å²) in [7, 11) is 0. The molecule has 2 unspecified atom stereocenters. The summed E-state index contributed by atoms with van der Waals surface area (Å²) in [6.07, 6.45) is 3.60. The van der Waals surface area contributed by atoms with Crippen LogP contribution in [0, 0.1) is 12.3 Å². The van der Waals surface area contributed by atoms with Crippen molar-refractivity contribution in [3.05, 3.63) is 16.1 Å². The number of hydrogen-bond donors (Lipinski definition) is 2. The molecule has 1 aromatic heterocycles. The van der Waals surface area contributed by atoms with Gasteiger partial charge in [-0.05, 0) is 33.1 Å². The molecule has 1 aliphatic carbocycles. The minimum atomic E-state index is -0.820. The molecule has 2 rings (SSSR count). The fourth-order valence-corrected chi connectivity index (χ4v) is 3.92. The first-order valence-electron chi connectivity index (χ1n) is 8.41. The Morgan fingerprint density at radius 3 is 2.64 bits per heavy atom. The predicted molar refractivity (Wildman–Crippen MR) is 108 cm³/mol. The van der Waals surface area contributed by atoms with E-state index in [0.717, 1.165) is 25.0 Å². The first kappa shape index (κ1) is 24.6. The lowest BCUT2D eigenvalue weighted by atomic mass is 9.54. The van der Waals surface area contributed by atoms with Gasteiger partial charge < -0.3 is 15.8 Å². The van der Waals surface area contributed by atoms with Gasteiger partial charge in [0.05, 0.1) is 11.1 Å². The molecule has 1 fully saturated rings. The summed E-state index contributed by atoms with van der Waals surface area (Å²) in [6.45, 7) is 9.33. The third-order valence-electron chi connectivity index (χ3n) is 5.00. The monoisotopic (exact) mass is 411 g/mol. The molecule has 0 bridgehead atoms. The molecule has 1 saturated carbocycles. The highest BCUT2D eigenvalue weighted by Crippen LogP contribution is 2.49. The summed E-state index contributed by atoms with van der Waals surface area (Å²) in [4.78, 5) is 16.9. The number of thiazole rings is 1. The number of rotatable bonds is 8. The lowest BCUT2D eigenvalue weighted by Crippen LogP contribution is -2.75. The molecule has 8 heteroatoms. The van der Waals surface area contributed by atoms with Crippen molar-refractivity contribution in [3.8, 4) is 0 Å². The molecular weight excluding hydrogens is 381 g/mol. The van der Waals surface area contributed by atoms with Crippen molar-refractivity contribution in [1.82, 2.24) is 10.3 Å². The van der Waals surface area contributed by atoms with Gasteiger partial charge in [0.2, 0.25) is 5.91 Å². The third kappa shape index (κ3) is 5.30. The molecule has 5 nitrogen and oxygen atoms in total. The van der Waals surface area contributed by atoms with Crippen molar-refractivity contribution in [2.45, 2.75) is 65.0 Å². The van der Waals surface area contributed by atoms with Crippen LogP contribution in [0.5, 0.6) is 0 Å². The second kappa shape index (κ2) is 10.1. The molecule has 1 heterocycles. The SMILES string of the molecule is CCOC1CC(N)(C(=O)NCCCCc2nc(C)cs2)C1(C)C.Cl.Cl. The highest BCUT2D eigenvalue weighted by Gasteiger charge is 2.62. The Kier molecular flexibility index (Phi) is 9.91. The van der Waals surface area contributed by atoms with Gasteiger partial charge in [-0.2, -0.15) is 0 Å². The summed E-state index contributed by atoms with van der Waals surface area (Å²) >= 11 is 1.70. The molecule has 2 atom stereocenters. The second-order valence-corrected chi connectivity index (χ2v) is 7.88. The van der Waals surface area contributed by atoms with Crippen LogP contribution in [-0.2, 0) is 16.0 Å². The maximum Gasteiger partial charge on any atom is 0.240 e. The number of hydrogen-bond acceptors (Lipinski definition) is 5. The predicted octanol–water partition coefficient (Wildman–Crippen LogP) is 3.27. The van der Waals surface area contributed by atoms with Crippen molar-refractivity contribution >= 4 is 42.1 Å². The Hall–Kier alpha value is -0.400. The van der Waals surface area contributed by atoms with Crippen LogP contribution in [0.2, 0.25) is 0 Å². The molecule has 1 aromatic rings. The van der Waals surface area contributed by atoms with Gasteiger partial charge in [-0.3, -0.25) is 4.79 Å². The number of ether oxygens (including phenoxy) is 1. The zero-order valence-corrected chi connectivity index (χ0v) is 17.9. The van der Waals surface area contributed by atoms with E-state index in [1.54, 1.807) is 11.3 Å². The number of unbranched alkanes of at least 4 members (excludes halogenated alkanes) is 1. The Bertz CT molecular complexity index is 554. The Balaban J connectivity index is 0.00000288. The van der Waals surface area contributed by atoms with E-state index in [0.29, 0.717) is 19.6 Å². The van der Waals surface area contributed by atoms with E-state index in [-0.39, 0.29) is 42.2 Å². The number of halogens is 2. The molecule has 0 aliphatic heterocycles. The molecule has 25 heavy (non-hydrogen) atoms. The van der Waals surface area contributed by atoms with Crippen LogP contribution in [0.15, 0.2) is 5.38 Å². The zero-order chi connectivity index (χ0) is 17.1. The largest absolute Gasteiger partial charge is 0.378 e. The first-order valence-corrected chi connectivity index (χ1v) is 9.29. The number of aryl methyl sites for hydroxylation is 2. The standard InChI is InChI=1S/C17H29N3O2S.2ClH/c1-5-22-13-10-17(18,16(13,3)4)15(21)19-9-7-6-8-14-20-12(2)11-23-14;;/h11,13H,5-10,18H2,1-4H3,(H,19,21);2*1H. The maximum absolute atomic E-state index is 12.4. The normalized spacial score (nSPS) is 23.8. The van der Waals surface area contributed by atoms with Crippen LogP contribution in [-0.4, -0.2) is 35.7 Å². The number of nitrogens with one attached hydrogen (secondary N) is 1. The Morgan fingerprint density at radius 1 is 1.44 bits per heavy atom. The molecule has 1 aliphatic rings. The van der Waals surface area contributed by atoms with Gasteiger partial charge in [-0.15, -0.1) is 36.2 Å². The number of amides is 1. The minimum absolute atomic E-state index is 0. The quantitative estimate of drug-likeness (QED) is 0.643. The van der Waals surface area contributed by atoms with Crippen molar-refractivity contribution in [2.24, 2.45) is 11.1 Å². The molecular formula is C17H31Cl2N3O2S. The highest BCUT2D eigenvalue weighted by atomic mass is 35.5. The summed E-state index contributed by atoms with van der Waals surface area (Å²) < 4.78 is 5.67. The van der Waals surface area contributed by atoms with Crippen LogP contribution in [0.1, 0.15) is 50.7 Å². The molecule has 3 N–H and O–H groups in total. The van der Waals surface area contributed by atoms with Crippen molar-refractivity contribution in [1.29, 1.82) is 0 Å². The van der Waals surface area contributed by atoms with Gasteiger partial charge in [0, 0.05) is 36.1 Å². The van der Waals surface area contributed by atoms with Crippen LogP contribution < -0.4 is 11.1 Å². The average molecular weight is 412 g/mol. The van der Waals surface area contributed by atoms with E-state index in [9.17, 15) is 4.79 Å². The number of carbonyl (C=O) groups is 1. The Labute approximate surface area is 167 Å². The lowest BCUT2D eigenvalue weighted by molar-refractivity contribution is -0.170. The highest BCUT2D eigenvalue weighted by molar-refractivity contribution is 7.09. The fraction of sp³-hybridized carbons (Fsp3) is 0.765. The molecule has 0 radical (unpaired) electrons. The van der Waals surface area contributed by atoms with E-state index >= 15 is 0 Å². The van der Waals surface area contributed by atoms with Gasteiger partial charge in [0.25, 0.3) is 0 Å². The smallest absolute Gasteiger partial charge is 0.240 e. The maximum atomic E-state index is 12.4. The molecule has 1 amide bonds. The molecule has 146 valence electrons. The summed E-state index contributed by atoms with van der Waals surface area (Å²) in [6, 6.07) is 0. The topological polar surface area (TPSA) is 77.2 Å². The van der Waals surface area contributed by atoms with Gasteiger partial charge >= 0.3 is 0 Å². The van der Waals surface area contributed by atoms with E-state index in [1.807, 2.05) is 27.7 Å². The summed E-state index contributed by atoms with van der Waals surface area (Å²) in [5.74, 6) is -0.0523. The van der Waals surface area contributed by atoms with Gasteiger partial charge in [-0.1, -0.05) is 13.8 Å². The molecule has 0 spiro atoms. The fourth-order valence-electron chi connectivity index (χ4n) is 3.10. The third-order valence-corrected chi connectivity index (χ3v) is 6.03. The van der Waals surface area contributed by atoms with Crippen LogP contribution in [0.4, 0.5) is 0 Å². The number of carbonyl (C=O) groups excluding carboxylic acids is 1. The van der Waals surface area contributed by atoms with E-state index in [4.69, 9.17) is 10.5 Å². The number of nitrogens with two attached hydrogens (primary N) is 1. The Morgan fingerprint density at radius 2 is 2.12 bits per heavy atom. The summed E-state index contributed by atoms with van der Waals surface area (Å²) in [5.41, 5.74) is 6.29. The van der Waals surface area contributed by atoms with Gasteiger partial charge in [0.15, 0.2) is 0 Å². The van der Waals surface area contributed by atoms with Crippen molar-refractivity contribution in [2.75, 3.05) is 13.2 Å². The average Bonchev–Trinajstić information content (AvgIpc) is 2.91. The molecule has 0 saturated heterocycles. The van der Waals surface area contributed by atoms with Crippen molar-refractivity contribution in [3.63, 3.8) is 0 Å². The summed E-state index contributed by atoms with van der Waals surface area (Å²) in [5, 5.41) is 6.24. The first-order chi connectivity index (χ1) is 10.8. The zero-order valence-electron chi connectivity index (χ0n) is 15.5. The van der Waals surface area contributed by atoms with E-state index < -0.39 is 5.54 Å². The van der Waals surface area contributed by atoms with Crippen LogP contribution >= 0.6 is 36.2 Å². The lowest BCUT2D eigenvalue weighted by Gasteiger charge is -2.57. The minimum Gasteiger partial charge on any atom is -0.378 e. The van der Waals surface area contributed by atoms with Gasteiger partial charge in [0.1, 0.15) is 5.54 Å². The van der Waals surface area contributed by atoms with Crippen LogP contribution in [0.25, 0.3) is 0 Å². The second-order valence-electron chi connectivity index (χ2n) is 6.94. The number of nitrogens with zero attached hydrogens (tertiary/aromatic N) is 1. The van der Waals surface area contributed by atoms with E-state index in [2.05, 4.69) is 15.7 Å². The van der Waals surface area contributed by atoms with E-state index in [1.165, 1.54) is 5.01 Å². The molecule has 0 aromatic carbocycles. The van der Waals surface area contributed by atoms with Crippen LogP contribution in [0.3, 0.4) is 0 Å². The number of aromatic nitrogens is 1. The van der Waals surface area contributed by atoms with Gasteiger partial charge in [-0.25, -0.2) is 4.98 Å².